The van der Waals surface area contributed by atoms with Gasteiger partial charge in [0.05, 0.1) is 0 Å². The molecule has 0 spiro atoms. The minimum Gasteiger partial charge on any atom is -0.301 e. The molecule has 0 aliphatic rings. The molecule has 0 atom stereocenters. The Hall–Kier alpha value is -0.570. The first-order chi connectivity index (χ1) is 5.04. The average molecular weight is 171 g/mol. The molecule has 0 aliphatic carbocycles. The van der Waals surface area contributed by atoms with E-state index in [0.29, 0.717) is 0 Å². The number of hydrogen-bond acceptors (Lipinski definition) is 2. The number of hydrogen-bond donors (Lipinski definition) is 0. The van der Waals surface area contributed by atoms with Crippen LogP contribution in [0.4, 0.5) is 0 Å². The van der Waals surface area contributed by atoms with E-state index >= 15 is 0 Å². The maximum absolute atomic E-state index is 11.3. The van der Waals surface area contributed by atoms with Crippen molar-refractivity contribution in [3.63, 3.8) is 0 Å². The maximum Gasteiger partial charge on any atom is 0.307 e. The molecule has 0 amide bonds. The second kappa shape index (κ2) is 2.81. The molecule has 1 rings (SSSR count). The lowest BCUT2D eigenvalue weighted by molar-refractivity contribution is 0.574. The topological polar surface area (TPSA) is 22.0 Å². The zero-order valence-corrected chi connectivity index (χ0v) is 8.16. The minimum atomic E-state index is 0.162. The lowest BCUT2D eigenvalue weighted by Gasteiger charge is -2.07. The first-order valence-electron chi connectivity index (χ1n) is 3.72. The van der Waals surface area contributed by atoms with Crippen LogP contribution in [-0.4, -0.2) is 4.57 Å². The Morgan fingerprint density at radius 3 is 2.09 bits per heavy atom. The Bertz CT molecular complexity index is 308. The smallest absolute Gasteiger partial charge is 0.301 e. The number of aromatic nitrogens is 1. The summed E-state index contributed by atoms with van der Waals surface area (Å²) in [6.07, 6.45) is 0. The normalized spacial score (nSPS) is 11.0. The second-order valence-electron chi connectivity index (χ2n) is 2.97. The van der Waals surface area contributed by atoms with Crippen LogP contribution in [-0.2, 0) is 0 Å². The van der Waals surface area contributed by atoms with Crippen LogP contribution >= 0.6 is 11.3 Å². The average Bonchev–Trinajstić information content (AvgIpc) is 2.07. The molecule has 3 heteroatoms. The molecule has 0 unspecified atom stereocenters. The van der Waals surface area contributed by atoms with Gasteiger partial charge in [0.15, 0.2) is 0 Å². The lowest BCUT2D eigenvalue weighted by atomic mass is 10.3. The third kappa shape index (κ3) is 1.38. The Morgan fingerprint density at radius 1 is 1.36 bits per heavy atom. The quantitative estimate of drug-likeness (QED) is 0.634. The zero-order chi connectivity index (χ0) is 8.59. The van der Waals surface area contributed by atoms with Gasteiger partial charge in [-0.2, -0.15) is 0 Å². The third-order valence-electron chi connectivity index (χ3n) is 1.82. The van der Waals surface area contributed by atoms with Crippen LogP contribution in [0.2, 0.25) is 0 Å². The van der Waals surface area contributed by atoms with Crippen LogP contribution in [0.5, 0.6) is 0 Å². The van der Waals surface area contributed by atoms with Crippen molar-refractivity contribution in [1.29, 1.82) is 0 Å². The van der Waals surface area contributed by atoms with Crippen molar-refractivity contribution in [2.75, 3.05) is 0 Å². The van der Waals surface area contributed by atoms with Crippen LogP contribution < -0.4 is 4.87 Å². The van der Waals surface area contributed by atoms with Crippen molar-refractivity contribution >= 4 is 11.3 Å². The summed E-state index contributed by atoms with van der Waals surface area (Å²) in [5.74, 6) is 0. The Balaban J connectivity index is 3.34. The van der Waals surface area contributed by atoms with Crippen molar-refractivity contribution in [3.8, 4) is 0 Å². The summed E-state index contributed by atoms with van der Waals surface area (Å²) < 4.78 is 1.83. The molecule has 2 nitrogen and oxygen atoms in total. The number of thiazole rings is 1. The molecule has 0 bridgehead atoms. The molecular formula is C8H13NOS. The van der Waals surface area contributed by atoms with Crippen molar-refractivity contribution in [2.45, 2.75) is 33.7 Å². The first kappa shape index (κ1) is 8.53. The van der Waals surface area contributed by atoms with Gasteiger partial charge in [0.1, 0.15) is 0 Å². The van der Waals surface area contributed by atoms with Gasteiger partial charge in [-0.15, -0.1) is 0 Å². The molecule has 0 saturated carbocycles. The molecule has 0 N–H and O–H groups in total. The van der Waals surface area contributed by atoms with Crippen LogP contribution in [0.1, 0.15) is 30.5 Å². The van der Waals surface area contributed by atoms with E-state index in [1.165, 1.54) is 11.3 Å². The summed E-state index contributed by atoms with van der Waals surface area (Å²) in [4.78, 5) is 12.6. The summed E-state index contributed by atoms with van der Waals surface area (Å²) in [7, 11) is 0. The van der Waals surface area contributed by atoms with Crippen molar-refractivity contribution in [1.82, 2.24) is 4.57 Å². The summed E-state index contributed by atoms with van der Waals surface area (Å²) in [5.41, 5.74) is 1.11. The van der Waals surface area contributed by atoms with E-state index < -0.39 is 0 Å². The summed E-state index contributed by atoms with van der Waals surface area (Å²) in [6, 6.07) is 0.285. The highest BCUT2D eigenvalue weighted by molar-refractivity contribution is 7.09. The minimum absolute atomic E-state index is 0.162. The fraction of sp³-hybridized carbons (Fsp3) is 0.625. The summed E-state index contributed by atoms with van der Waals surface area (Å²) in [6.45, 7) is 8.04. The predicted molar refractivity (Wildman–Crippen MR) is 48.4 cm³/mol. The van der Waals surface area contributed by atoms with Crippen LogP contribution in [0.3, 0.4) is 0 Å². The highest BCUT2D eigenvalue weighted by Crippen LogP contribution is 2.13. The Kier molecular flexibility index (Phi) is 2.18. The van der Waals surface area contributed by atoms with Crippen molar-refractivity contribution < 1.29 is 0 Å². The fourth-order valence-corrected chi connectivity index (χ4v) is 2.11. The molecule has 1 aromatic heterocycles. The van der Waals surface area contributed by atoms with E-state index in [4.69, 9.17) is 0 Å². The van der Waals surface area contributed by atoms with Gasteiger partial charge >= 0.3 is 4.87 Å². The summed E-state index contributed by atoms with van der Waals surface area (Å²) >= 11 is 1.33. The van der Waals surface area contributed by atoms with Gasteiger partial charge in [-0.05, 0) is 27.7 Å². The molecular weight excluding hydrogens is 158 g/mol. The zero-order valence-electron chi connectivity index (χ0n) is 7.34. The van der Waals surface area contributed by atoms with Gasteiger partial charge in [-0.25, -0.2) is 0 Å². The van der Waals surface area contributed by atoms with Crippen LogP contribution in [0, 0.1) is 13.8 Å². The monoisotopic (exact) mass is 171 g/mol. The number of nitrogens with zero attached hydrogens (tertiary/aromatic N) is 1. The highest BCUT2D eigenvalue weighted by atomic mass is 32.1. The molecule has 1 heterocycles. The molecule has 1 aromatic rings. The van der Waals surface area contributed by atoms with Gasteiger partial charge in [0, 0.05) is 16.6 Å². The fourth-order valence-electron chi connectivity index (χ4n) is 1.16. The van der Waals surface area contributed by atoms with E-state index in [9.17, 15) is 4.79 Å². The third-order valence-corrected chi connectivity index (χ3v) is 2.80. The standard InChI is InChI=1S/C8H13NOS/c1-5(2)9-6(3)7(4)11-8(9)10/h5H,1-4H3. The van der Waals surface area contributed by atoms with Crippen LogP contribution in [0.25, 0.3) is 0 Å². The largest absolute Gasteiger partial charge is 0.307 e. The molecule has 0 saturated heterocycles. The van der Waals surface area contributed by atoms with E-state index in [1.54, 1.807) is 0 Å². The molecule has 0 aromatic carbocycles. The van der Waals surface area contributed by atoms with Gasteiger partial charge in [0.25, 0.3) is 0 Å². The number of aryl methyl sites for hydroxylation is 1. The molecule has 0 fully saturated rings. The van der Waals surface area contributed by atoms with E-state index in [0.717, 1.165) is 10.6 Å². The SMILES string of the molecule is Cc1sc(=O)n(C(C)C)c1C. The van der Waals surface area contributed by atoms with Crippen molar-refractivity contribution in [3.05, 3.63) is 20.2 Å². The lowest BCUT2D eigenvalue weighted by Crippen LogP contribution is -2.16. The van der Waals surface area contributed by atoms with E-state index in [2.05, 4.69) is 0 Å². The van der Waals surface area contributed by atoms with Gasteiger partial charge in [-0.3, -0.25) is 4.79 Å². The van der Waals surface area contributed by atoms with Crippen molar-refractivity contribution in [2.24, 2.45) is 0 Å². The van der Waals surface area contributed by atoms with Gasteiger partial charge < -0.3 is 4.57 Å². The second-order valence-corrected chi connectivity index (χ2v) is 4.14. The molecule has 0 radical (unpaired) electrons. The Morgan fingerprint density at radius 2 is 1.91 bits per heavy atom. The van der Waals surface area contributed by atoms with Crippen LogP contribution in [0.15, 0.2) is 4.79 Å². The Labute approximate surface area is 70.5 Å². The first-order valence-corrected chi connectivity index (χ1v) is 4.54. The number of rotatable bonds is 1. The molecule has 0 aliphatic heterocycles. The maximum atomic E-state index is 11.3. The van der Waals surface area contributed by atoms with Gasteiger partial charge in [-0.1, -0.05) is 11.3 Å². The summed E-state index contributed by atoms with van der Waals surface area (Å²) in [5, 5.41) is 0. The predicted octanol–water partition coefficient (Wildman–Crippen LogP) is 2.11. The van der Waals surface area contributed by atoms with E-state index in [1.807, 2.05) is 32.3 Å². The molecule has 11 heavy (non-hydrogen) atoms. The highest BCUT2D eigenvalue weighted by Gasteiger charge is 2.08. The van der Waals surface area contributed by atoms with Gasteiger partial charge in [0.2, 0.25) is 0 Å². The molecule has 62 valence electrons. The van der Waals surface area contributed by atoms with E-state index in [-0.39, 0.29) is 10.9 Å².